The van der Waals surface area contributed by atoms with Crippen LogP contribution in [0, 0.1) is 17.2 Å². The van der Waals surface area contributed by atoms with Crippen LogP contribution in [0.15, 0.2) is 24.3 Å². The fourth-order valence-corrected chi connectivity index (χ4v) is 2.88. The SMILES string of the molecule is CN(CC(CBr)C(C)(C)C)c1cccc(F)c1. The van der Waals surface area contributed by atoms with Gasteiger partial charge in [-0.1, -0.05) is 42.8 Å². The monoisotopic (exact) mass is 301 g/mol. The van der Waals surface area contributed by atoms with E-state index in [1.54, 1.807) is 12.1 Å². The summed E-state index contributed by atoms with van der Waals surface area (Å²) in [6.45, 7) is 7.62. The molecular weight excluding hydrogens is 281 g/mol. The number of halogens is 2. The van der Waals surface area contributed by atoms with E-state index in [1.807, 2.05) is 13.1 Å². The van der Waals surface area contributed by atoms with E-state index in [-0.39, 0.29) is 11.2 Å². The predicted octanol–water partition coefficient (Wildman–Crippen LogP) is 4.32. The van der Waals surface area contributed by atoms with E-state index in [0.29, 0.717) is 5.92 Å². The first-order chi connectivity index (χ1) is 7.84. The molecule has 0 spiro atoms. The molecule has 0 bridgehead atoms. The largest absolute Gasteiger partial charge is 0.374 e. The maximum atomic E-state index is 13.1. The molecule has 96 valence electrons. The zero-order valence-electron chi connectivity index (χ0n) is 11.0. The van der Waals surface area contributed by atoms with Gasteiger partial charge < -0.3 is 4.90 Å². The second-order valence-corrected chi connectivity index (χ2v) is 6.23. The van der Waals surface area contributed by atoms with Crippen molar-refractivity contribution in [1.82, 2.24) is 0 Å². The van der Waals surface area contributed by atoms with Crippen LogP contribution in [-0.2, 0) is 0 Å². The number of rotatable bonds is 4. The van der Waals surface area contributed by atoms with E-state index >= 15 is 0 Å². The minimum atomic E-state index is -0.180. The number of benzene rings is 1. The third-order valence-electron chi connectivity index (χ3n) is 3.15. The lowest BCUT2D eigenvalue weighted by Crippen LogP contribution is -2.34. The van der Waals surface area contributed by atoms with Gasteiger partial charge in [0.15, 0.2) is 0 Å². The van der Waals surface area contributed by atoms with Crippen molar-refractivity contribution in [3.63, 3.8) is 0 Å². The smallest absolute Gasteiger partial charge is 0.125 e. The van der Waals surface area contributed by atoms with E-state index in [0.717, 1.165) is 17.6 Å². The van der Waals surface area contributed by atoms with Gasteiger partial charge in [-0.05, 0) is 29.5 Å². The average Bonchev–Trinajstić information content (AvgIpc) is 2.23. The van der Waals surface area contributed by atoms with Crippen LogP contribution in [0.25, 0.3) is 0 Å². The van der Waals surface area contributed by atoms with E-state index in [1.165, 1.54) is 6.07 Å². The lowest BCUT2D eigenvalue weighted by molar-refractivity contribution is 0.273. The highest BCUT2D eigenvalue weighted by Crippen LogP contribution is 2.29. The standard InChI is InChI=1S/C14H21BrFN/c1-14(2,3)11(9-15)10-17(4)13-7-5-6-12(16)8-13/h5-8,11H,9-10H2,1-4H3. The fraction of sp³-hybridized carbons (Fsp3) is 0.571. The molecule has 1 nitrogen and oxygen atoms in total. The highest BCUT2D eigenvalue weighted by molar-refractivity contribution is 9.09. The lowest BCUT2D eigenvalue weighted by Gasteiger charge is -2.33. The predicted molar refractivity (Wildman–Crippen MR) is 76.4 cm³/mol. The van der Waals surface area contributed by atoms with Crippen molar-refractivity contribution < 1.29 is 4.39 Å². The normalized spacial score (nSPS) is 13.5. The summed E-state index contributed by atoms with van der Waals surface area (Å²) in [5.74, 6) is 0.344. The molecule has 0 saturated heterocycles. The summed E-state index contributed by atoms with van der Waals surface area (Å²) in [6.07, 6.45) is 0. The van der Waals surface area contributed by atoms with Gasteiger partial charge in [-0.2, -0.15) is 0 Å². The molecule has 1 unspecified atom stereocenters. The minimum absolute atomic E-state index is 0.180. The molecular formula is C14H21BrFN. The molecule has 0 N–H and O–H groups in total. The van der Waals surface area contributed by atoms with Gasteiger partial charge in [-0.3, -0.25) is 0 Å². The van der Waals surface area contributed by atoms with Gasteiger partial charge in [0.2, 0.25) is 0 Å². The highest BCUT2D eigenvalue weighted by Gasteiger charge is 2.24. The number of anilines is 1. The number of alkyl halides is 1. The van der Waals surface area contributed by atoms with Gasteiger partial charge in [-0.25, -0.2) is 4.39 Å². The maximum Gasteiger partial charge on any atom is 0.125 e. The molecule has 1 atom stereocenters. The van der Waals surface area contributed by atoms with E-state index in [4.69, 9.17) is 0 Å². The summed E-state index contributed by atoms with van der Waals surface area (Å²) in [7, 11) is 2.01. The molecule has 0 heterocycles. The molecule has 1 rings (SSSR count). The van der Waals surface area contributed by atoms with Gasteiger partial charge in [-0.15, -0.1) is 0 Å². The van der Waals surface area contributed by atoms with Crippen LogP contribution >= 0.6 is 15.9 Å². The Balaban J connectivity index is 2.74. The van der Waals surface area contributed by atoms with Crippen molar-refractivity contribution >= 4 is 21.6 Å². The first kappa shape index (κ1) is 14.5. The van der Waals surface area contributed by atoms with E-state index in [9.17, 15) is 4.39 Å². The Morgan fingerprint density at radius 2 is 2.00 bits per heavy atom. The summed E-state index contributed by atoms with van der Waals surface area (Å²) in [5, 5.41) is 0.955. The molecule has 0 fully saturated rings. The van der Waals surface area contributed by atoms with Crippen molar-refractivity contribution in [3.05, 3.63) is 30.1 Å². The van der Waals surface area contributed by atoms with E-state index in [2.05, 4.69) is 41.6 Å². The Hall–Kier alpha value is -0.570. The third kappa shape index (κ3) is 4.30. The molecule has 0 aromatic heterocycles. The highest BCUT2D eigenvalue weighted by atomic mass is 79.9. The summed E-state index contributed by atoms with van der Waals surface area (Å²) in [6, 6.07) is 6.75. The zero-order valence-corrected chi connectivity index (χ0v) is 12.6. The molecule has 0 aliphatic rings. The van der Waals surface area contributed by atoms with Gasteiger partial charge in [0.05, 0.1) is 0 Å². The van der Waals surface area contributed by atoms with Crippen LogP contribution in [0.5, 0.6) is 0 Å². The van der Waals surface area contributed by atoms with Crippen molar-refractivity contribution in [3.8, 4) is 0 Å². The first-order valence-electron chi connectivity index (χ1n) is 5.87. The molecule has 1 aromatic rings. The van der Waals surface area contributed by atoms with Crippen LogP contribution in [0.4, 0.5) is 10.1 Å². The topological polar surface area (TPSA) is 3.24 Å². The molecule has 0 aliphatic carbocycles. The van der Waals surface area contributed by atoms with Crippen LogP contribution in [-0.4, -0.2) is 18.9 Å². The Kier molecular flexibility index (Phi) is 4.99. The van der Waals surface area contributed by atoms with Crippen LogP contribution in [0.1, 0.15) is 20.8 Å². The Labute approximate surface area is 112 Å². The Morgan fingerprint density at radius 3 is 2.47 bits per heavy atom. The number of nitrogens with zero attached hydrogens (tertiary/aromatic N) is 1. The van der Waals surface area contributed by atoms with Gasteiger partial charge >= 0.3 is 0 Å². The average molecular weight is 302 g/mol. The molecule has 0 aliphatic heterocycles. The summed E-state index contributed by atoms with van der Waals surface area (Å²) in [4.78, 5) is 2.11. The lowest BCUT2D eigenvalue weighted by atomic mass is 9.82. The molecule has 1 aromatic carbocycles. The van der Waals surface area contributed by atoms with Crippen LogP contribution in [0.2, 0.25) is 0 Å². The molecule has 0 amide bonds. The Bertz CT molecular complexity index is 359. The van der Waals surface area contributed by atoms with Crippen molar-refractivity contribution in [1.29, 1.82) is 0 Å². The summed E-state index contributed by atoms with van der Waals surface area (Å²) < 4.78 is 13.1. The third-order valence-corrected chi connectivity index (χ3v) is 3.94. The maximum absolute atomic E-state index is 13.1. The number of hydrogen-bond acceptors (Lipinski definition) is 1. The second kappa shape index (κ2) is 5.85. The summed E-state index contributed by atoms with van der Waals surface area (Å²) >= 11 is 3.57. The second-order valence-electron chi connectivity index (χ2n) is 5.58. The summed E-state index contributed by atoms with van der Waals surface area (Å²) in [5.41, 5.74) is 1.17. The minimum Gasteiger partial charge on any atom is -0.374 e. The van der Waals surface area contributed by atoms with Crippen LogP contribution in [0.3, 0.4) is 0 Å². The van der Waals surface area contributed by atoms with Gasteiger partial charge in [0.25, 0.3) is 0 Å². The Morgan fingerprint density at radius 1 is 1.35 bits per heavy atom. The quantitative estimate of drug-likeness (QED) is 0.749. The first-order valence-corrected chi connectivity index (χ1v) is 6.99. The molecule has 0 saturated carbocycles. The molecule has 3 heteroatoms. The molecule has 0 radical (unpaired) electrons. The molecule has 17 heavy (non-hydrogen) atoms. The zero-order chi connectivity index (χ0) is 13.1. The van der Waals surface area contributed by atoms with Gasteiger partial charge in [0.1, 0.15) is 5.82 Å². The van der Waals surface area contributed by atoms with Crippen molar-refractivity contribution in [2.75, 3.05) is 23.8 Å². The van der Waals surface area contributed by atoms with Gasteiger partial charge in [0, 0.05) is 24.6 Å². The van der Waals surface area contributed by atoms with Crippen molar-refractivity contribution in [2.45, 2.75) is 20.8 Å². The van der Waals surface area contributed by atoms with Crippen LogP contribution < -0.4 is 4.90 Å². The van der Waals surface area contributed by atoms with E-state index < -0.39 is 0 Å². The van der Waals surface area contributed by atoms with Crippen molar-refractivity contribution in [2.24, 2.45) is 11.3 Å². The number of hydrogen-bond donors (Lipinski definition) is 0. The fourth-order valence-electron chi connectivity index (χ4n) is 1.70.